The number of fused-ring (bicyclic) bond motifs is 1. The third kappa shape index (κ3) is 4.71. The highest BCUT2D eigenvalue weighted by atomic mass is 32.2. The van der Waals surface area contributed by atoms with Gasteiger partial charge in [0.25, 0.3) is 0 Å². The zero-order chi connectivity index (χ0) is 22.0. The number of amides is 1. The van der Waals surface area contributed by atoms with E-state index < -0.39 is 10.0 Å². The third-order valence-corrected chi connectivity index (χ3v) is 8.64. The SMILES string of the molecule is CC1c2cccn2CCN1CC(=O)Nc1ccc(S(=O)(=O)N(C)C2CCCCC2)cc1. The minimum Gasteiger partial charge on any atom is -0.349 e. The molecule has 8 heteroatoms. The summed E-state index contributed by atoms with van der Waals surface area (Å²) in [6, 6.07) is 10.9. The first kappa shape index (κ1) is 22.0. The Kier molecular flexibility index (Phi) is 6.50. The molecule has 1 fully saturated rings. The number of nitrogens with one attached hydrogen (secondary N) is 1. The quantitative estimate of drug-likeness (QED) is 0.741. The van der Waals surface area contributed by atoms with Crippen molar-refractivity contribution in [3.05, 3.63) is 48.3 Å². The van der Waals surface area contributed by atoms with Gasteiger partial charge in [-0.05, 0) is 56.2 Å². The smallest absolute Gasteiger partial charge is 0.243 e. The first-order valence-corrected chi connectivity index (χ1v) is 12.6. The van der Waals surface area contributed by atoms with Crippen molar-refractivity contribution < 1.29 is 13.2 Å². The van der Waals surface area contributed by atoms with Crippen LogP contribution in [0.1, 0.15) is 50.8 Å². The highest BCUT2D eigenvalue weighted by Crippen LogP contribution is 2.27. The molecule has 4 rings (SSSR count). The van der Waals surface area contributed by atoms with Gasteiger partial charge in [0, 0.05) is 49.8 Å². The van der Waals surface area contributed by atoms with Crippen LogP contribution in [0.5, 0.6) is 0 Å². The summed E-state index contributed by atoms with van der Waals surface area (Å²) < 4.78 is 29.7. The van der Waals surface area contributed by atoms with Crippen molar-refractivity contribution in [1.29, 1.82) is 0 Å². The molecule has 7 nitrogen and oxygen atoms in total. The summed E-state index contributed by atoms with van der Waals surface area (Å²) in [5.74, 6) is -0.0956. The first-order chi connectivity index (χ1) is 14.9. The Morgan fingerprint density at radius 2 is 1.81 bits per heavy atom. The minimum atomic E-state index is -3.53. The van der Waals surface area contributed by atoms with E-state index >= 15 is 0 Å². The van der Waals surface area contributed by atoms with Crippen LogP contribution in [0, 0.1) is 0 Å². The second kappa shape index (κ2) is 9.14. The number of hydrogen-bond acceptors (Lipinski definition) is 4. The molecule has 0 saturated heterocycles. The number of sulfonamides is 1. The molecule has 168 valence electrons. The zero-order valence-electron chi connectivity index (χ0n) is 18.3. The van der Waals surface area contributed by atoms with Gasteiger partial charge >= 0.3 is 0 Å². The normalized spacial score (nSPS) is 20.5. The summed E-state index contributed by atoms with van der Waals surface area (Å²) in [5.41, 5.74) is 1.83. The Balaban J connectivity index is 1.36. The van der Waals surface area contributed by atoms with Gasteiger partial charge in [-0.1, -0.05) is 19.3 Å². The Hall–Kier alpha value is -2.16. The molecule has 1 unspecified atom stereocenters. The van der Waals surface area contributed by atoms with Crippen LogP contribution < -0.4 is 5.32 Å². The van der Waals surface area contributed by atoms with Crippen LogP contribution >= 0.6 is 0 Å². The molecule has 1 aromatic heterocycles. The van der Waals surface area contributed by atoms with Crippen LogP contribution in [0.4, 0.5) is 5.69 Å². The molecule has 2 heterocycles. The van der Waals surface area contributed by atoms with Gasteiger partial charge in [-0.3, -0.25) is 9.69 Å². The Morgan fingerprint density at radius 3 is 2.52 bits per heavy atom. The molecule has 1 atom stereocenters. The predicted molar refractivity (Wildman–Crippen MR) is 121 cm³/mol. The van der Waals surface area contributed by atoms with Crippen molar-refractivity contribution in [2.24, 2.45) is 0 Å². The molecule has 1 N–H and O–H groups in total. The number of anilines is 1. The maximum Gasteiger partial charge on any atom is 0.243 e. The first-order valence-electron chi connectivity index (χ1n) is 11.1. The monoisotopic (exact) mass is 444 g/mol. The van der Waals surface area contributed by atoms with Crippen molar-refractivity contribution in [3.8, 4) is 0 Å². The molecule has 2 aromatic rings. The van der Waals surface area contributed by atoms with Crippen LogP contribution in [0.25, 0.3) is 0 Å². The fourth-order valence-electron chi connectivity index (χ4n) is 4.75. The fraction of sp³-hybridized carbons (Fsp3) is 0.522. The van der Waals surface area contributed by atoms with Gasteiger partial charge in [0.1, 0.15) is 0 Å². The van der Waals surface area contributed by atoms with Crippen LogP contribution in [-0.4, -0.2) is 54.3 Å². The summed E-state index contributed by atoms with van der Waals surface area (Å²) in [7, 11) is -1.85. The van der Waals surface area contributed by atoms with Crippen molar-refractivity contribution in [2.75, 3.05) is 25.5 Å². The lowest BCUT2D eigenvalue weighted by Crippen LogP contribution is -2.41. The number of aromatic nitrogens is 1. The van der Waals surface area contributed by atoms with Crippen LogP contribution in [0.3, 0.4) is 0 Å². The average molecular weight is 445 g/mol. The van der Waals surface area contributed by atoms with E-state index in [0.29, 0.717) is 12.2 Å². The molecule has 0 spiro atoms. The summed E-state index contributed by atoms with van der Waals surface area (Å²) in [6.07, 6.45) is 7.26. The maximum atomic E-state index is 13.0. The highest BCUT2D eigenvalue weighted by Gasteiger charge is 2.29. The average Bonchev–Trinajstić information content (AvgIpc) is 3.26. The fourth-order valence-corrected chi connectivity index (χ4v) is 6.16. The van der Waals surface area contributed by atoms with E-state index in [1.54, 1.807) is 31.3 Å². The van der Waals surface area contributed by atoms with E-state index in [-0.39, 0.29) is 22.9 Å². The second-order valence-electron chi connectivity index (χ2n) is 8.66. The molecule has 31 heavy (non-hydrogen) atoms. The molecular weight excluding hydrogens is 412 g/mol. The minimum absolute atomic E-state index is 0.0748. The number of hydrogen-bond donors (Lipinski definition) is 1. The van der Waals surface area contributed by atoms with Crippen molar-refractivity contribution >= 4 is 21.6 Å². The van der Waals surface area contributed by atoms with Crippen molar-refractivity contribution in [3.63, 3.8) is 0 Å². The zero-order valence-corrected chi connectivity index (χ0v) is 19.1. The van der Waals surface area contributed by atoms with Gasteiger partial charge in [0.05, 0.1) is 11.4 Å². The van der Waals surface area contributed by atoms with Crippen LogP contribution in [0.2, 0.25) is 0 Å². The number of benzene rings is 1. The van der Waals surface area contributed by atoms with E-state index in [4.69, 9.17) is 0 Å². The van der Waals surface area contributed by atoms with E-state index in [1.807, 2.05) is 6.07 Å². The maximum absolute atomic E-state index is 13.0. The molecule has 1 aliphatic carbocycles. The van der Waals surface area contributed by atoms with Crippen molar-refractivity contribution in [2.45, 2.75) is 62.6 Å². The third-order valence-electron chi connectivity index (χ3n) is 6.72. The molecule has 2 aliphatic rings. The standard InChI is InChI=1S/C23H32N4O3S/c1-18-22-9-6-14-26(22)15-16-27(18)17-23(28)24-19-10-12-21(13-11-19)31(29,30)25(2)20-7-4-3-5-8-20/h6,9-14,18,20H,3-5,7-8,15-17H2,1-2H3,(H,24,28). The topological polar surface area (TPSA) is 74.6 Å². The summed E-state index contributed by atoms with van der Waals surface area (Å²) in [6.45, 7) is 4.11. The number of rotatable bonds is 6. The number of nitrogens with zero attached hydrogens (tertiary/aromatic N) is 3. The summed E-state index contributed by atoms with van der Waals surface area (Å²) in [4.78, 5) is 15.0. The lowest BCUT2D eigenvalue weighted by Gasteiger charge is -2.34. The molecule has 1 saturated carbocycles. The van der Waals surface area contributed by atoms with Gasteiger partial charge in [-0.25, -0.2) is 8.42 Å². The van der Waals surface area contributed by atoms with E-state index in [9.17, 15) is 13.2 Å². The lowest BCUT2D eigenvalue weighted by atomic mass is 9.96. The summed E-state index contributed by atoms with van der Waals surface area (Å²) >= 11 is 0. The van der Waals surface area contributed by atoms with Gasteiger partial charge in [-0.15, -0.1) is 0 Å². The van der Waals surface area contributed by atoms with Crippen LogP contribution in [0.15, 0.2) is 47.5 Å². The van der Waals surface area contributed by atoms with E-state index in [1.165, 1.54) is 16.4 Å². The lowest BCUT2D eigenvalue weighted by molar-refractivity contribution is -0.118. The predicted octanol–water partition coefficient (Wildman–Crippen LogP) is 3.46. The highest BCUT2D eigenvalue weighted by molar-refractivity contribution is 7.89. The van der Waals surface area contributed by atoms with Crippen molar-refractivity contribution in [1.82, 2.24) is 13.8 Å². The molecule has 0 radical (unpaired) electrons. The van der Waals surface area contributed by atoms with Gasteiger partial charge in [0.15, 0.2) is 0 Å². The largest absolute Gasteiger partial charge is 0.349 e. The number of carbonyl (C=O) groups is 1. The number of carbonyl (C=O) groups excluding carboxylic acids is 1. The van der Waals surface area contributed by atoms with Gasteiger partial charge in [0.2, 0.25) is 15.9 Å². The summed E-state index contributed by atoms with van der Waals surface area (Å²) in [5, 5.41) is 2.90. The Bertz CT molecular complexity index is 1010. The van der Waals surface area contributed by atoms with E-state index in [2.05, 4.69) is 34.0 Å². The van der Waals surface area contributed by atoms with E-state index in [0.717, 1.165) is 38.8 Å². The molecule has 1 amide bonds. The molecular formula is C23H32N4O3S. The van der Waals surface area contributed by atoms with Gasteiger partial charge in [-0.2, -0.15) is 4.31 Å². The van der Waals surface area contributed by atoms with Gasteiger partial charge < -0.3 is 9.88 Å². The van der Waals surface area contributed by atoms with Crippen LogP contribution in [-0.2, 0) is 21.4 Å². The molecule has 1 aromatic carbocycles. The molecule has 1 aliphatic heterocycles. The Labute approximate surface area is 185 Å². The molecule has 0 bridgehead atoms. The Morgan fingerprint density at radius 1 is 1.10 bits per heavy atom. The second-order valence-corrected chi connectivity index (χ2v) is 10.7.